The Morgan fingerprint density at radius 1 is 1.44 bits per heavy atom. The molecule has 0 atom stereocenters. The number of amides is 1. The summed E-state index contributed by atoms with van der Waals surface area (Å²) in [7, 11) is 2.81. The lowest BCUT2D eigenvalue weighted by molar-refractivity contribution is 0.171. The molecule has 0 aromatic heterocycles. The zero-order valence-corrected chi connectivity index (χ0v) is 9.32. The minimum atomic E-state index is -0.453. The first-order valence-corrected chi connectivity index (χ1v) is 4.85. The molecular weight excluding hydrogens is 210 g/mol. The van der Waals surface area contributed by atoms with Crippen molar-refractivity contribution in [3.05, 3.63) is 23.8 Å². The van der Waals surface area contributed by atoms with Gasteiger partial charge < -0.3 is 19.9 Å². The minimum Gasteiger partial charge on any atom is -0.504 e. The Hall–Kier alpha value is -1.91. The van der Waals surface area contributed by atoms with E-state index in [4.69, 9.17) is 4.74 Å². The maximum atomic E-state index is 10.8. The van der Waals surface area contributed by atoms with Crippen molar-refractivity contribution in [2.45, 2.75) is 6.42 Å². The molecule has 0 spiro atoms. The Bertz CT molecular complexity index is 365. The van der Waals surface area contributed by atoms with Crippen molar-refractivity contribution in [2.75, 3.05) is 20.8 Å². The summed E-state index contributed by atoms with van der Waals surface area (Å²) >= 11 is 0. The number of carbonyl (C=O) groups is 1. The Labute approximate surface area is 94.0 Å². The molecule has 0 heterocycles. The lowest BCUT2D eigenvalue weighted by atomic mass is 10.1. The largest absolute Gasteiger partial charge is 0.504 e. The van der Waals surface area contributed by atoms with Crippen molar-refractivity contribution in [1.29, 1.82) is 0 Å². The number of phenols is 1. The SMILES string of the molecule is COC(=O)NCCc1ccc(O)c(OC)c1. The van der Waals surface area contributed by atoms with Gasteiger partial charge >= 0.3 is 6.09 Å². The molecule has 2 N–H and O–H groups in total. The molecule has 0 aliphatic carbocycles. The molecule has 16 heavy (non-hydrogen) atoms. The predicted octanol–water partition coefficient (Wildman–Crippen LogP) is 1.30. The number of alkyl carbamates (subject to hydrolysis) is 1. The molecule has 0 saturated heterocycles. The number of benzene rings is 1. The van der Waals surface area contributed by atoms with Gasteiger partial charge in [0.1, 0.15) is 0 Å². The van der Waals surface area contributed by atoms with E-state index < -0.39 is 6.09 Å². The average molecular weight is 225 g/mol. The van der Waals surface area contributed by atoms with Crippen LogP contribution in [-0.4, -0.2) is 32.0 Å². The highest BCUT2D eigenvalue weighted by Crippen LogP contribution is 2.26. The maximum Gasteiger partial charge on any atom is 0.406 e. The number of carbonyl (C=O) groups excluding carboxylic acids is 1. The average Bonchev–Trinajstić information content (AvgIpc) is 2.31. The molecule has 0 radical (unpaired) electrons. The summed E-state index contributed by atoms with van der Waals surface area (Å²) in [5, 5.41) is 11.9. The number of hydrogen-bond donors (Lipinski definition) is 2. The lowest BCUT2D eigenvalue weighted by Crippen LogP contribution is -2.25. The first-order chi connectivity index (χ1) is 7.67. The third-order valence-electron chi connectivity index (χ3n) is 2.11. The highest BCUT2D eigenvalue weighted by molar-refractivity contribution is 5.66. The topological polar surface area (TPSA) is 67.8 Å². The molecule has 1 rings (SSSR count). The van der Waals surface area contributed by atoms with Crippen molar-refractivity contribution in [1.82, 2.24) is 5.32 Å². The Morgan fingerprint density at radius 3 is 2.81 bits per heavy atom. The molecule has 0 aliphatic rings. The number of rotatable bonds is 4. The van der Waals surface area contributed by atoms with E-state index in [1.807, 2.05) is 0 Å². The van der Waals surface area contributed by atoms with Crippen molar-refractivity contribution >= 4 is 6.09 Å². The molecule has 0 bridgehead atoms. The second kappa shape index (κ2) is 5.85. The standard InChI is InChI=1S/C11H15NO4/c1-15-10-7-8(3-4-9(10)13)5-6-12-11(14)16-2/h3-4,7,13H,5-6H2,1-2H3,(H,12,14). The lowest BCUT2D eigenvalue weighted by Gasteiger charge is -2.07. The van der Waals surface area contributed by atoms with E-state index in [2.05, 4.69) is 10.1 Å². The van der Waals surface area contributed by atoms with E-state index in [1.54, 1.807) is 18.2 Å². The van der Waals surface area contributed by atoms with Gasteiger partial charge in [-0.3, -0.25) is 0 Å². The van der Waals surface area contributed by atoms with E-state index in [9.17, 15) is 9.90 Å². The zero-order valence-electron chi connectivity index (χ0n) is 9.32. The fraction of sp³-hybridized carbons (Fsp3) is 0.364. The van der Waals surface area contributed by atoms with Crippen LogP contribution in [0.25, 0.3) is 0 Å². The summed E-state index contributed by atoms with van der Waals surface area (Å²) in [4.78, 5) is 10.8. The van der Waals surface area contributed by atoms with Crippen LogP contribution in [0.2, 0.25) is 0 Å². The van der Waals surface area contributed by atoms with Crippen molar-refractivity contribution in [3.63, 3.8) is 0 Å². The first-order valence-electron chi connectivity index (χ1n) is 4.85. The Morgan fingerprint density at radius 2 is 2.19 bits per heavy atom. The number of methoxy groups -OCH3 is 2. The van der Waals surface area contributed by atoms with Crippen LogP contribution in [0.1, 0.15) is 5.56 Å². The molecule has 5 heteroatoms. The van der Waals surface area contributed by atoms with Gasteiger partial charge in [0.25, 0.3) is 0 Å². The third kappa shape index (κ3) is 3.34. The number of hydrogen-bond acceptors (Lipinski definition) is 4. The number of nitrogens with one attached hydrogen (secondary N) is 1. The van der Waals surface area contributed by atoms with Crippen LogP contribution >= 0.6 is 0 Å². The van der Waals surface area contributed by atoms with Crippen LogP contribution in [0.5, 0.6) is 11.5 Å². The van der Waals surface area contributed by atoms with Gasteiger partial charge in [0.05, 0.1) is 14.2 Å². The molecule has 1 aromatic rings. The van der Waals surface area contributed by atoms with E-state index in [-0.39, 0.29) is 5.75 Å². The number of aromatic hydroxyl groups is 1. The van der Waals surface area contributed by atoms with Gasteiger partial charge in [0.2, 0.25) is 0 Å². The fourth-order valence-corrected chi connectivity index (χ4v) is 1.26. The molecule has 1 aromatic carbocycles. The minimum absolute atomic E-state index is 0.104. The summed E-state index contributed by atoms with van der Waals surface area (Å²) in [5.41, 5.74) is 0.964. The number of phenolic OH excluding ortho intramolecular Hbond substituents is 1. The predicted molar refractivity (Wildman–Crippen MR) is 58.8 cm³/mol. The van der Waals surface area contributed by atoms with Crippen LogP contribution in [0.3, 0.4) is 0 Å². The molecule has 5 nitrogen and oxygen atoms in total. The van der Waals surface area contributed by atoms with Crippen molar-refractivity contribution in [3.8, 4) is 11.5 Å². The highest BCUT2D eigenvalue weighted by atomic mass is 16.5. The molecular formula is C11H15NO4. The van der Waals surface area contributed by atoms with Crippen LogP contribution in [0, 0.1) is 0 Å². The zero-order chi connectivity index (χ0) is 12.0. The summed E-state index contributed by atoms with van der Waals surface area (Å²) < 4.78 is 9.41. The molecule has 0 saturated carbocycles. The van der Waals surface area contributed by atoms with Crippen molar-refractivity contribution < 1.29 is 19.4 Å². The van der Waals surface area contributed by atoms with Crippen LogP contribution in [0.15, 0.2) is 18.2 Å². The molecule has 1 amide bonds. The fourth-order valence-electron chi connectivity index (χ4n) is 1.26. The van der Waals surface area contributed by atoms with Gasteiger partial charge in [-0.25, -0.2) is 4.79 Å². The van der Waals surface area contributed by atoms with E-state index in [0.717, 1.165) is 5.56 Å². The smallest absolute Gasteiger partial charge is 0.406 e. The monoisotopic (exact) mass is 225 g/mol. The van der Waals surface area contributed by atoms with E-state index in [0.29, 0.717) is 18.7 Å². The first kappa shape index (κ1) is 12.2. The van der Waals surface area contributed by atoms with Crippen LogP contribution in [-0.2, 0) is 11.2 Å². The maximum absolute atomic E-state index is 10.8. The van der Waals surface area contributed by atoms with E-state index >= 15 is 0 Å². The molecule has 0 fully saturated rings. The highest BCUT2D eigenvalue weighted by Gasteiger charge is 2.03. The van der Waals surface area contributed by atoms with Gasteiger partial charge in [-0.05, 0) is 24.1 Å². The molecule has 0 aliphatic heterocycles. The second-order valence-corrected chi connectivity index (χ2v) is 3.17. The normalized spacial score (nSPS) is 9.62. The second-order valence-electron chi connectivity index (χ2n) is 3.17. The van der Waals surface area contributed by atoms with E-state index in [1.165, 1.54) is 14.2 Å². The quantitative estimate of drug-likeness (QED) is 0.810. The van der Waals surface area contributed by atoms with Crippen molar-refractivity contribution in [2.24, 2.45) is 0 Å². The van der Waals surface area contributed by atoms with Gasteiger partial charge in [0, 0.05) is 6.54 Å². The van der Waals surface area contributed by atoms with Gasteiger partial charge in [-0.15, -0.1) is 0 Å². The van der Waals surface area contributed by atoms with Crippen LogP contribution < -0.4 is 10.1 Å². The summed E-state index contributed by atoms with van der Waals surface area (Å²) in [6, 6.07) is 5.07. The summed E-state index contributed by atoms with van der Waals surface area (Å²) in [6.45, 7) is 0.473. The Kier molecular flexibility index (Phi) is 4.44. The number of ether oxygens (including phenoxy) is 2. The Balaban J connectivity index is 2.51. The van der Waals surface area contributed by atoms with Gasteiger partial charge in [0.15, 0.2) is 11.5 Å². The summed E-state index contributed by atoms with van der Waals surface area (Å²) in [6.07, 6.45) is 0.192. The van der Waals surface area contributed by atoms with Crippen LogP contribution in [0.4, 0.5) is 4.79 Å². The van der Waals surface area contributed by atoms with Gasteiger partial charge in [-0.1, -0.05) is 6.07 Å². The molecule has 0 unspecified atom stereocenters. The third-order valence-corrected chi connectivity index (χ3v) is 2.11. The van der Waals surface area contributed by atoms with Gasteiger partial charge in [-0.2, -0.15) is 0 Å². The molecule has 88 valence electrons. The summed E-state index contributed by atoms with van der Waals surface area (Å²) in [5.74, 6) is 0.530.